The van der Waals surface area contributed by atoms with Gasteiger partial charge >= 0.3 is 0 Å². The molecule has 0 atom stereocenters. The summed E-state index contributed by atoms with van der Waals surface area (Å²) in [7, 11) is 0. The summed E-state index contributed by atoms with van der Waals surface area (Å²) < 4.78 is 0. The van der Waals surface area contributed by atoms with E-state index in [9.17, 15) is 0 Å². The van der Waals surface area contributed by atoms with E-state index < -0.39 is 0 Å². The van der Waals surface area contributed by atoms with Crippen LogP contribution in [-0.4, -0.2) is 0 Å². The van der Waals surface area contributed by atoms with Crippen molar-refractivity contribution >= 4 is 50.9 Å². The highest BCUT2D eigenvalue weighted by Gasteiger charge is 2.16. The fourth-order valence-corrected chi connectivity index (χ4v) is 6.75. The molecule has 1 aliphatic rings. The van der Waals surface area contributed by atoms with Crippen molar-refractivity contribution in [3.05, 3.63) is 93.2 Å². The molecule has 0 nitrogen and oxygen atoms in total. The highest BCUT2D eigenvalue weighted by molar-refractivity contribution is 7.22. The van der Waals surface area contributed by atoms with Gasteiger partial charge in [0.25, 0.3) is 0 Å². The van der Waals surface area contributed by atoms with E-state index in [1.165, 1.54) is 40.8 Å². The largest absolute Gasteiger partial charge is 0.143 e. The molecule has 1 radical (unpaired) electrons. The number of hydrogen-bond donors (Lipinski definition) is 0. The third-order valence-electron chi connectivity index (χ3n) is 4.35. The topological polar surface area (TPSA) is 0 Å². The summed E-state index contributed by atoms with van der Waals surface area (Å²) in [5, 5.41) is 4.28. The summed E-state index contributed by atoms with van der Waals surface area (Å²) in [4.78, 5) is 8.17. The molecule has 0 fully saturated rings. The Bertz CT molecular complexity index is 1060. The van der Waals surface area contributed by atoms with Gasteiger partial charge in [-0.2, -0.15) is 0 Å². The van der Waals surface area contributed by atoms with E-state index in [0.717, 1.165) is 6.42 Å². The van der Waals surface area contributed by atoms with E-state index in [1.54, 1.807) is 11.3 Å². The standard InChI is InChI=1S/C22H15S4/c1-3-19(23-13-1)21-11-9-17(25-21)15-5-7-16(8-6-15)18-10-12-22(26-18)20-4-2-14-24-20/h1-7,9-14H,8H2. The first kappa shape index (κ1) is 16.5. The van der Waals surface area contributed by atoms with Crippen LogP contribution in [0, 0.1) is 5.92 Å². The second-order valence-corrected chi connectivity index (χ2v) is 10.1. The Morgan fingerprint density at radius 1 is 0.577 bits per heavy atom. The van der Waals surface area contributed by atoms with Gasteiger partial charge in [0.2, 0.25) is 0 Å². The number of allylic oxidation sites excluding steroid dienone is 4. The van der Waals surface area contributed by atoms with Crippen LogP contribution in [0.3, 0.4) is 0 Å². The minimum atomic E-state index is 1.00. The van der Waals surface area contributed by atoms with Crippen LogP contribution in [0.1, 0.15) is 16.2 Å². The molecule has 4 heterocycles. The second kappa shape index (κ2) is 7.12. The minimum absolute atomic E-state index is 1.00. The maximum Gasteiger partial charge on any atom is 0.0449 e. The zero-order valence-electron chi connectivity index (χ0n) is 13.8. The van der Waals surface area contributed by atoms with E-state index in [4.69, 9.17) is 0 Å². The van der Waals surface area contributed by atoms with Crippen molar-refractivity contribution in [2.75, 3.05) is 0 Å². The van der Waals surface area contributed by atoms with Crippen LogP contribution in [0.2, 0.25) is 0 Å². The Morgan fingerprint density at radius 2 is 1.19 bits per heavy atom. The van der Waals surface area contributed by atoms with E-state index >= 15 is 0 Å². The van der Waals surface area contributed by atoms with Crippen LogP contribution in [-0.2, 0) is 0 Å². The number of rotatable bonds is 4. The molecule has 0 aliphatic heterocycles. The van der Waals surface area contributed by atoms with Crippen LogP contribution in [0.15, 0.2) is 77.5 Å². The van der Waals surface area contributed by atoms with E-state index in [2.05, 4.69) is 77.5 Å². The Hall–Kier alpha value is -1.72. The molecule has 0 N–H and O–H groups in total. The molecule has 4 aromatic heterocycles. The van der Waals surface area contributed by atoms with Crippen molar-refractivity contribution in [1.82, 2.24) is 0 Å². The lowest BCUT2D eigenvalue weighted by atomic mass is 9.95. The molecule has 4 aromatic rings. The third-order valence-corrected chi connectivity index (χ3v) is 8.77. The van der Waals surface area contributed by atoms with E-state index in [-0.39, 0.29) is 0 Å². The van der Waals surface area contributed by atoms with Gasteiger partial charge in [0, 0.05) is 35.2 Å². The number of thiophene rings is 4. The molecule has 5 rings (SSSR count). The van der Waals surface area contributed by atoms with Crippen molar-refractivity contribution in [2.24, 2.45) is 0 Å². The zero-order valence-corrected chi connectivity index (χ0v) is 17.1. The van der Waals surface area contributed by atoms with Crippen molar-refractivity contribution in [3.63, 3.8) is 0 Å². The molecular formula is C22H15S4. The predicted molar refractivity (Wildman–Crippen MR) is 119 cm³/mol. The van der Waals surface area contributed by atoms with Gasteiger partial charge in [0.1, 0.15) is 0 Å². The van der Waals surface area contributed by atoms with Crippen molar-refractivity contribution in [3.8, 4) is 19.5 Å². The fourth-order valence-electron chi connectivity index (χ4n) is 3.02. The van der Waals surface area contributed by atoms with Crippen LogP contribution < -0.4 is 0 Å². The molecule has 0 bridgehead atoms. The highest BCUT2D eigenvalue weighted by Crippen LogP contribution is 2.40. The SMILES string of the molecule is C1=CC(c2ccc(-c3cccs3)s2)=CC[C]1c1ccc(-c2cccs2)s1. The molecule has 127 valence electrons. The molecule has 0 spiro atoms. The molecule has 0 saturated heterocycles. The summed E-state index contributed by atoms with van der Waals surface area (Å²) in [6.45, 7) is 0. The third kappa shape index (κ3) is 3.19. The van der Waals surface area contributed by atoms with Gasteiger partial charge in [-0.3, -0.25) is 0 Å². The van der Waals surface area contributed by atoms with Gasteiger partial charge in [-0.25, -0.2) is 0 Å². The Morgan fingerprint density at radius 3 is 1.77 bits per heavy atom. The zero-order chi connectivity index (χ0) is 17.3. The molecule has 0 aromatic carbocycles. The smallest absolute Gasteiger partial charge is 0.0449 e. The molecule has 0 unspecified atom stereocenters. The lowest BCUT2D eigenvalue weighted by molar-refractivity contribution is 1.12. The Balaban J connectivity index is 1.33. The number of hydrogen-bond acceptors (Lipinski definition) is 4. The van der Waals surface area contributed by atoms with Crippen LogP contribution in [0.25, 0.3) is 25.1 Å². The summed E-state index contributed by atoms with van der Waals surface area (Å²) in [6.07, 6.45) is 7.93. The maximum atomic E-state index is 2.36. The quantitative estimate of drug-likeness (QED) is 0.319. The van der Waals surface area contributed by atoms with Gasteiger partial charge in [0.05, 0.1) is 0 Å². The molecule has 4 heteroatoms. The van der Waals surface area contributed by atoms with Crippen LogP contribution in [0.5, 0.6) is 0 Å². The summed E-state index contributed by atoms with van der Waals surface area (Å²) in [5.74, 6) is 1.41. The van der Waals surface area contributed by atoms with Gasteiger partial charge < -0.3 is 0 Å². The van der Waals surface area contributed by atoms with Gasteiger partial charge in [-0.05, 0) is 59.2 Å². The Labute approximate surface area is 169 Å². The normalized spacial score (nSPS) is 14.7. The average Bonchev–Trinajstić information content (AvgIpc) is 3.49. The van der Waals surface area contributed by atoms with Crippen molar-refractivity contribution in [2.45, 2.75) is 6.42 Å². The Kier molecular flexibility index (Phi) is 4.51. The maximum absolute atomic E-state index is 2.36. The van der Waals surface area contributed by atoms with Gasteiger partial charge in [0.15, 0.2) is 0 Å². The molecule has 1 aliphatic carbocycles. The summed E-state index contributed by atoms with van der Waals surface area (Å²) >= 11 is 7.39. The molecule has 0 saturated carbocycles. The van der Waals surface area contributed by atoms with Gasteiger partial charge in [-0.1, -0.05) is 30.4 Å². The summed E-state index contributed by atoms with van der Waals surface area (Å²) in [5.41, 5.74) is 1.34. The van der Waals surface area contributed by atoms with Crippen LogP contribution >= 0.6 is 45.3 Å². The average molecular weight is 408 g/mol. The van der Waals surface area contributed by atoms with Gasteiger partial charge in [-0.15, -0.1) is 45.3 Å². The lowest BCUT2D eigenvalue weighted by Crippen LogP contribution is -1.96. The molecule has 0 amide bonds. The molecule has 26 heavy (non-hydrogen) atoms. The van der Waals surface area contributed by atoms with E-state index in [0.29, 0.717) is 0 Å². The first-order valence-corrected chi connectivity index (χ1v) is 11.8. The first-order chi connectivity index (χ1) is 12.9. The van der Waals surface area contributed by atoms with E-state index in [1.807, 2.05) is 34.0 Å². The fraction of sp³-hybridized carbons (Fsp3) is 0.0455. The predicted octanol–water partition coefficient (Wildman–Crippen LogP) is 8.23. The highest BCUT2D eigenvalue weighted by atomic mass is 32.1. The van der Waals surface area contributed by atoms with Crippen molar-refractivity contribution < 1.29 is 0 Å². The summed E-state index contributed by atoms with van der Waals surface area (Å²) in [6, 6.07) is 17.6. The first-order valence-electron chi connectivity index (χ1n) is 8.39. The lowest BCUT2D eigenvalue weighted by Gasteiger charge is -2.13. The monoisotopic (exact) mass is 407 g/mol. The minimum Gasteiger partial charge on any atom is -0.143 e. The van der Waals surface area contributed by atoms with Crippen molar-refractivity contribution in [1.29, 1.82) is 0 Å². The molecular weight excluding hydrogens is 393 g/mol. The second-order valence-electron chi connectivity index (χ2n) is 6.00. The van der Waals surface area contributed by atoms with Crippen LogP contribution in [0.4, 0.5) is 0 Å².